The van der Waals surface area contributed by atoms with Crippen LogP contribution in [0.15, 0.2) is 15.8 Å². The third kappa shape index (κ3) is 2.25. The summed E-state index contributed by atoms with van der Waals surface area (Å²) in [6.45, 7) is 2.70. The van der Waals surface area contributed by atoms with Crippen molar-refractivity contribution in [3.05, 3.63) is 32.9 Å². The van der Waals surface area contributed by atoms with Crippen LogP contribution in [0.4, 0.5) is 4.39 Å². The van der Waals surface area contributed by atoms with Gasteiger partial charge in [0.25, 0.3) is 5.56 Å². The van der Waals surface area contributed by atoms with Gasteiger partial charge in [0.05, 0.1) is 12.9 Å². The van der Waals surface area contributed by atoms with E-state index in [2.05, 4.69) is 5.32 Å². The highest BCUT2D eigenvalue weighted by Gasteiger charge is 2.01. The minimum atomic E-state index is -0.988. The molecule has 0 aliphatic rings. The Bertz CT molecular complexity index is 395. The van der Waals surface area contributed by atoms with E-state index in [1.54, 1.807) is 0 Å². The summed E-state index contributed by atoms with van der Waals surface area (Å²) in [6.07, 6.45) is 0.879. The van der Waals surface area contributed by atoms with Gasteiger partial charge in [-0.05, 0) is 6.54 Å². The van der Waals surface area contributed by atoms with E-state index in [4.69, 9.17) is 0 Å². The summed E-state index contributed by atoms with van der Waals surface area (Å²) in [5.41, 5.74) is -1.61. The van der Waals surface area contributed by atoms with Crippen molar-refractivity contribution in [2.24, 2.45) is 0 Å². The largest absolute Gasteiger partial charge is 0.329 e. The van der Waals surface area contributed by atoms with Crippen LogP contribution in [0, 0.1) is 5.82 Å². The molecule has 13 heavy (non-hydrogen) atoms. The van der Waals surface area contributed by atoms with E-state index in [-0.39, 0.29) is 6.67 Å². The molecule has 5 nitrogen and oxygen atoms in total. The molecule has 0 radical (unpaired) electrons. The van der Waals surface area contributed by atoms with Gasteiger partial charge in [-0.15, -0.1) is 0 Å². The topological polar surface area (TPSA) is 66.9 Å². The van der Waals surface area contributed by atoms with Crippen LogP contribution in [0.1, 0.15) is 6.92 Å². The van der Waals surface area contributed by atoms with Crippen LogP contribution >= 0.6 is 0 Å². The molecule has 1 rings (SSSR count). The van der Waals surface area contributed by atoms with Crippen molar-refractivity contribution < 1.29 is 4.39 Å². The normalized spacial score (nSPS) is 10.3. The van der Waals surface area contributed by atoms with Crippen LogP contribution in [-0.4, -0.2) is 16.1 Å². The van der Waals surface area contributed by atoms with E-state index in [1.807, 2.05) is 11.9 Å². The molecule has 1 heterocycles. The maximum atomic E-state index is 12.7. The molecule has 0 spiro atoms. The zero-order valence-corrected chi connectivity index (χ0v) is 7.13. The van der Waals surface area contributed by atoms with Gasteiger partial charge in [0.2, 0.25) is 5.82 Å². The van der Waals surface area contributed by atoms with Gasteiger partial charge >= 0.3 is 5.69 Å². The van der Waals surface area contributed by atoms with Gasteiger partial charge < -0.3 is 0 Å². The zero-order chi connectivity index (χ0) is 9.84. The first-order valence-electron chi connectivity index (χ1n) is 3.85. The van der Waals surface area contributed by atoms with Gasteiger partial charge in [0.1, 0.15) is 0 Å². The molecule has 0 saturated heterocycles. The lowest BCUT2D eigenvalue weighted by molar-refractivity contribution is 0.510. The zero-order valence-electron chi connectivity index (χ0n) is 7.13. The highest BCUT2D eigenvalue weighted by Crippen LogP contribution is 1.81. The Morgan fingerprint density at radius 2 is 2.31 bits per heavy atom. The second-order valence-electron chi connectivity index (χ2n) is 2.47. The lowest BCUT2D eigenvalue weighted by atomic mass is 10.6. The van der Waals surface area contributed by atoms with Crippen molar-refractivity contribution in [2.75, 3.05) is 6.54 Å². The molecule has 0 aliphatic heterocycles. The fraction of sp³-hybridized carbons (Fsp3) is 0.429. The van der Waals surface area contributed by atoms with Crippen molar-refractivity contribution in [1.82, 2.24) is 14.9 Å². The molecule has 0 atom stereocenters. The first-order valence-corrected chi connectivity index (χ1v) is 3.85. The van der Waals surface area contributed by atoms with Crippen LogP contribution in [0.3, 0.4) is 0 Å². The van der Waals surface area contributed by atoms with Gasteiger partial charge in [-0.2, -0.15) is 4.39 Å². The second-order valence-corrected chi connectivity index (χ2v) is 2.47. The molecule has 72 valence electrons. The molecule has 0 bridgehead atoms. The molecular weight excluding hydrogens is 177 g/mol. The van der Waals surface area contributed by atoms with E-state index in [1.165, 1.54) is 0 Å². The Labute approximate surface area is 73.2 Å². The number of nitrogens with one attached hydrogen (secondary N) is 2. The Hall–Kier alpha value is -1.43. The number of hydrogen-bond donors (Lipinski definition) is 2. The lowest BCUT2D eigenvalue weighted by Gasteiger charge is -2.03. The van der Waals surface area contributed by atoms with Crippen LogP contribution in [-0.2, 0) is 6.67 Å². The molecule has 0 unspecified atom stereocenters. The highest BCUT2D eigenvalue weighted by molar-refractivity contribution is 4.86. The number of nitrogens with zero attached hydrogens (tertiary/aromatic N) is 1. The number of rotatable bonds is 3. The molecule has 6 heteroatoms. The number of H-pyrrole nitrogens is 1. The molecule has 1 aromatic heterocycles. The number of aromatic nitrogens is 2. The van der Waals surface area contributed by atoms with Crippen LogP contribution in [0.5, 0.6) is 0 Å². The van der Waals surface area contributed by atoms with Crippen molar-refractivity contribution in [2.45, 2.75) is 13.6 Å². The third-order valence-electron chi connectivity index (χ3n) is 1.50. The van der Waals surface area contributed by atoms with Gasteiger partial charge in [-0.25, -0.2) is 4.79 Å². The molecule has 0 fully saturated rings. The average Bonchev–Trinajstić information content (AvgIpc) is 2.09. The molecule has 1 aromatic rings. The van der Waals surface area contributed by atoms with Gasteiger partial charge in [-0.1, -0.05) is 6.92 Å². The molecular formula is C7H10FN3O2. The second kappa shape index (κ2) is 3.99. The summed E-state index contributed by atoms with van der Waals surface area (Å²) in [5, 5.41) is 2.83. The molecule has 0 saturated carbocycles. The first kappa shape index (κ1) is 9.66. The minimum Gasteiger partial charge on any atom is -0.300 e. The lowest BCUT2D eigenvalue weighted by Crippen LogP contribution is -2.35. The maximum absolute atomic E-state index is 12.7. The van der Waals surface area contributed by atoms with Crippen molar-refractivity contribution in [1.29, 1.82) is 0 Å². The predicted molar refractivity (Wildman–Crippen MR) is 45.0 cm³/mol. The number of hydrogen-bond acceptors (Lipinski definition) is 3. The number of halogens is 1. The summed E-state index contributed by atoms with van der Waals surface area (Å²) in [5.74, 6) is -0.961. The van der Waals surface area contributed by atoms with Gasteiger partial charge in [0, 0.05) is 0 Å². The summed E-state index contributed by atoms with van der Waals surface area (Å²) in [6, 6.07) is 0. The highest BCUT2D eigenvalue weighted by atomic mass is 19.1. The van der Waals surface area contributed by atoms with Crippen LogP contribution < -0.4 is 16.6 Å². The smallest absolute Gasteiger partial charge is 0.300 e. The molecule has 0 amide bonds. The van der Waals surface area contributed by atoms with Crippen molar-refractivity contribution in [3.8, 4) is 0 Å². The van der Waals surface area contributed by atoms with Crippen molar-refractivity contribution in [3.63, 3.8) is 0 Å². The van der Waals surface area contributed by atoms with E-state index in [9.17, 15) is 14.0 Å². The van der Waals surface area contributed by atoms with Crippen LogP contribution in [0.2, 0.25) is 0 Å². The van der Waals surface area contributed by atoms with E-state index in [0.717, 1.165) is 10.8 Å². The molecule has 2 N–H and O–H groups in total. The van der Waals surface area contributed by atoms with Crippen molar-refractivity contribution >= 4 is 0 Å². The van der Waals surface area contributed by atoms with Gasteiger partial charge in [-0.3, -0.25) is 19.7 Å². The maximum Gasteiger partial charge on any atom is 0.329 e. The van der Waals surface area contributed by atoms with E-state index in [0.29, 0.717) is 6.54 Å². The van der Waals surface area contributed by atoms with Gasteiger partial charge in [0.15, 0.2) is 0 Å². The summed E-state index contributed by atoms with van der Waals surface area (Å²) in [7, 11) is 0. The summed E-state index contributed by atoms with van der Waals surface area (Å²) in [4.78, 5) is 23.5. The fourth-order valence-corrected chi connectivity index (χ4v) is 0.832. The van der Waals surface area contributed by atoms with E-state index < -0.39 is 17.1 Å². The average molecular weight is 187 g/mol. The Morgan fingerprint density at radius 3 is 2.92 bits per heavy atom. The Morgan fingerprint density at radius 1 is 1.62 bits per heavy atom. The minimum absolute atomic E-state index is 0.184. The molecule has 0 aliphatic carbocycles. The quantitative estimate of drug-likeness (QED) is 0.653. The van der Waals surface area contributed by atoms with E-state index >= 15 is 0 Å². The SMILES string of the molecule is CCNCn1cc(F)c(=O)[nH]c1=O. The first-order chi connectivity index (χ1) is 6.15. The Kier molecular flexibility index (Phi) is 2.97. The summed E-state index contributed by atoms with van der Waals surface area (Å²) < 4.78 is 13.7. The number of aromatic amines is 1. The predicted octanol–water partition coefficient (Wildman–Crippen LogP) is -0.757. The monoisotopic (exact) mass is 187 g/mol. The fourth-order valence-electron chi connectivity index (χ4n) is 0.832. The Balaban J connectivity index is 3.02. The third-order valence-corrected chi connectivity index (χ3v) is 1.50. The standard InChI is InChI=1S/C7H10FN3O2/c1-2-9-4-11-3-5(8)6(12)10-7(11)13/h3,9H,2,4H2,1H3,(H,10,12,13). The molecule has 0 aromatic carbocycles. The summed E-state index contributed by atoms with van der Waals surface area (Å²) >= 11 is 0. The van der Waals surface area contributed by atoms with Crippen LogP contribution in [0.25, 0.3) is 0 Å².